The first-order chi connectivity index (χ1) is 10.3. The number of phenolic OH excluding ortho intramolecular Hbond substituents is 1. The van der Waals surface area contributed by atoms with Gasteiger partial charge in [-0.05, 0) is 38.4 Å². The minimum absolute atomic E-state index is 0.349. The highest BCUT2D eigenvalue weighted by molar-refractivity contribution is 6.33. The lowest BCUT2D eigenvalue weighted by molar-refractivity contribution is 0.482. The van der Waals surface area contributed by atoms with Crippen molar-refractivity contribution in [2.75, 3.05) is 0 Å². The van der Waals surface area contributed by atoms with Crippen molar-refractivity contribution < 1.29 is 5.11 Å². The molecule has 0 aliphatic heterocycles. The number of phenols is 1. The van der Waals surface area contributed by atoms with Crippen molar-refractivity contribution in [3.8, 4) is 5.75 Å². The highest BCUT2D eigenvalue weighted by Gasteiger charge is 2.13. The molecule has 0 aromatic heterocycles. The molecule has 1 nitrogen and oxygen atoms in total. The molecule has 98 valence electrons. The van der Waals surface area contributed by atoms with E-state index in [1.807, 2.05) is 18.2 Å². The van der Waals surface area contributed by atoms with E-state index in [9.17, 15) is 5.11 Å². The first-order valence-electron chi connectivity index (χ1n) is 7.12. The lowest BCUT2D eigenvalue weighted by Crippen LogP contribution is -1.86. The first-order valence-corrected chi connectivity index (χ1v) is 7.12. The fourth-order valence-electron chi connectivity index (χ4n) is 3.63. The Morgan fingerprint density at radius 2 is 1.00 bits per heavy atom. The van der Waals surface area contributed by atoms with Gasteiger partial charge in [0.05, 0.1) is 0 Å². The minimum Gasteiger partial charge on any atom is -0.507 e. The Balaban J connectivity index is 2.29. The van der Waals surface area contributed by atoms with Crippen LogP contribution in [-0.2, 0) is 0 Å². The second-order valence-corrected chi connectivity index (χ2v) is 5.57. The van der Waals surface area contributed by atoms with E-state index in [0.29, 0.717) is 5.75 Å². The fourth-order valence-corrected chi connectivity index (χ4v) is 3.63. The van der Waals surface area contributed by atoms with Crippen molar-refractivity contribution in [1.29, 1.82) is 0 Å². The molecule has 0 unspecified atom stereocenters. The summed E-state index contributed by atoms with van der Waals surface area (Å²) in [5.41, 5.74) is 0. The van der Waals surface area contributed by atoms with Gasteiger partial charge in [-0.3, -0.25) is 0 Å². The van der Waals surface area contributed by atoms with Crippen molar-refractivity contribution >= 4 is 43.1 Å². The van der Waals surface area contributed by atoms with Crippen molar-refractivity contribution in [3.05, 3.63) is 66.7 Å². The average molecular weight is 268 g/mol. The maximum atomic E-state index is 10.2. The van der Waals surface area contributed by atoms with Gasteiger partial charge in [-0.2, -0.15) is 0 Å². The molecule has 0 saturated heterocycles. The Kier molecular flexibility index (Phi) is 1.90. The summed E-state index contributed by atoms with van der Waals surface area (Å²) in [6.45, 7) is 0. The summed E-state index contributed by atoms with van der Waals surface area (Å²) in [5.74, 6) is 0.349. The Morgan fingerprint density at radius 3 is 1.71 bits per heavy atom. The standard InChI is InChI=1S/C20H12O/c21-18-11-10-16-14-7-2-5-12-4-1-6-13(19(12)14)15-8-3-9-17(18)20(15)16/h1-11,21H. The van der Waals surface area contributed by atoms with Gasteiger partial charge in [-0.25, -0.2) is 0 Å². The average Bonchev–Trinajstić information content (AvgIpc) is 2.54. The normalized spacial score (nSPS) is 12.0. The van der Waals surface area contributed by atoms with Crippen LogP contribution in [-0.4, -0.2) is 5.11 Å². The second kappa shape index (κ2) is 3.64. The highest BCUT2D eigenvalue weighted by atomic mass is 16.3. The largest absolute Gasteiger partial charge is 0.507 e. The van der Waals surface area contributed by atoms with Gasteiger partial charge < -0.3 is 5.11 Å². The monoisotopic (exact) mass is 268 g/mol. The summed E-state index contributed by atoms with van der Waals surface area (Å²) >= 11 is 0. The SMILES string of the molecule is Oc1ccc2c3cccc4cccc(c5cccc1c52)c43. The Labute approximate surface area is 121 Å². The van der Waals surface area contributed by atoms with Crippen molar-refractivity contribution in [3.63, 3.8) is 0 Å². The predicted octanol–water partition coefficient (Wildman–Crippen LogP) is 5.44. The van der Waals surface area contributed by atoms with E-state index in [2.05, 4.69) is 42.5 Å². The van der Waals surface area contributed by atoms with Crippen LogP contribution in [0, 0.1) is 0 Å². The summed E-state index contributed by atoms with van der Waals surface area (Å²) < 4.78 is 0. The van der Waals surface area contributed by atoms with Gasteiger partial charge in [0.1, 0.15) is 5.75 Å². The van der Waals surface area contributed by atoms with Crippen LogP contribution in [0.2, 0.25) is 0 Å². The van der Waals surface area contributed by atoms with Gasteiger partial charge in [-0.15, -0.1) is 0 Å². The Hall–Kier alpha value is -2.80. The van der Waals surface area contributed by atoms with Crippen LogP contribution in [0.1, 0.15) is 0 Å². The predicted molar refractivity (Wildman–Crippen MR) is 89.3 cm³/mol. The number of benzene rings is 5. The topological polar surface area (TPSA) is 20.2 Å². The third-order valence-corrected chi connectivity index (χ3v) is 4.50. The summed E-state index contributed by atoms with van der Waals surface area (Å²) in [4.78, 5) is 0. The van der Waals surface area contributed by atoms with E-state index in [0.717, 1.165) is 10.8 Å². The second-order valence-electron chi connectivity index (χ2n) is 5.57. The zero-order chi connectivity index (χ0) is 14.0. The molecule has 0 saturated carbocycles. The minimum atomic E-state index is 0.349. The molecule has 1 heteroatoms. The molecule has 0 aliphatic rings. The van der Waals surface area contributed by atoms with E-state index in [4.69, 9.17) is 0 Å². The molecule has 0 fully saturated rings. The highest BCUT2D eigenvalue weighted by Crippen LogP contribution is 2.41. The smallest absolute Gasteiger partial charge is 0.123 e. The van der Waals surface area contributed by atoms with Crippen molar-refractivity contribution in [1.82, 2.24) is 0 Å². The van der Waals surface area contributed by atoms with Crippen LogP contribution in [0.25, 0.3) is 43.1 Å². The van der Waals surface area contributed by atoms with Gasteiger partial charge in [0.2, 0.25) is 0 Å². The zero-order valence-corrected chi connectivity index (χ0v) is 11.3. The van der Waals surface area contributed by atoms with E-state index < -0.39 is 0 Å². The molecule has 0 heterocycles. The molecule has 1 N–H and O–H groups in total. The Morgan fingerprint density at radius 1 is 0.476 bits per heavy atom. The lowest BCUT2D eigenvalue weighted by atomic mass is 9.90. The molecule has 21 heavy (non-hydrogen) atoms. The van der Waals surface area contributed by atoms with Crippen LogP contribution in [0.3, 0.4) is 0 Å². The third kappa shape index (κ3) is 1.26. The molecule has 0 bridgehead atoms. The molecule has 0 atom stereocenters. The zero-order valence-electron chi connectivity index (χ0n) is 11.3. The quantitative estimate of drug-likeness (QED) is 0.293. The van der Waals surface area contributed by atoms with E-state index in [-0.39, 0.29) is 0 Å². The summed E-state index contributed by atoms with van der Waals surface area (Å²) in [6.07, 6.45) is 0. The maximum Gasteiger partial charge on any atom is 0.123 e. The van der Waals surface area contributed by atoms with Crippen molar-refractivity contribution in [2.24, 2.45) is 0 Å². The van der Waals surface area contributed by atoms with Crippen LogP contribution in [0.15, 0.2) is 66.7 Å². The molecule has 0 amide bonds. The van der Waals surface area contributed by atoms with Crippen LogP contribution >= 0.6 is 0 Å². The maximum absolute atomic E-state index is 10.2. The number of rotatable bonds is 0. The van der Waals surface area contributed by atoms with Crippen LogP contribution in [0.4, 0.5) is 0 Å². The first kappa shape index (κ1) is 10.9. The molecule has 5 rings (SSSR count). The van der Waals surface area contributed by atoms with E-state index in [1.165, 1.54) is 32.3 Å². The molecule has 0 spiro atoms. The van der Waals surface area contributed by atoms with E-state index in [1.54, 1.807) is 6.07 Å². The molecular formula is C20H12O. The number of fused-ring (bicyclic) bond motifs is 2. The van der Waals surface area contributed by atoms with E-state index >= 15 is 0 Å². The summed E-state index contributed by atoms with van der Waals surface area (Å²) in [5, 5.41) is 19.8. The summed E-state index contributed by atoms with van der Waals surface area (Å²) in [6, 6.07) is 22.9. The Bertz CT molecular complexity index is 1090. The molecule has 0 aliphatic carbocycles. The fraction of sp³-hybridized carbons (Fsp3) is 0. The number of hydrogen-bond acceptors (Lipinski definition) is 1. The van der Waals surface area contributed by atoms with Gasteiger partial charge in [0.25, 0.3) is 0 Å². The van der Waals surface area contributed by atoms with Crippen molar-refractivity contribution in [2.45, 2.75) is 0 Å². The van der Waals surface area contributed by atoms with Gasteiger partial charge >= 0.3 is 0 Å². The van der Waals surface area contributed by atoms with Gasteiger partial charge in [0, 0.05) is 10.8 Å². The molecule has 0 radical (unpaired) electrons. The van der Waals surface area contributed by atoms with Gasteiger partial charge in [-0.1, -0.05) is 60.7 Å². The molecular weight excluding hydrogens is 256 g/mol. The molecule has 5 aromatic carbocycles. The number of aromatic hydroxyl groups is 1. The number of hydrogen-bond donors (Lipinski definition) is 1. The van der Waals surface area contributed by atoms with Crippen LogP contribution in [0.5, 0.6) is 5.75 Å². The third-order valence-electron chi connectivity index (χ3n) is 4.50. The van der Waals surface area contributed by atoms with Gasteiger partial charge in [0.15, 0.2) is 0 Å². The lowest BCUT2D eigenvalue weighted by Gasteiger charge is -2.14. The van der Waals surface area contributed by atoms with Crippen LogP contribution < -0.4 is 0 Å². The molecule has 5 aromatic rings. The summed E-state index contributed by atoms with van der Waals surface area (Å²) in [7, 11) is 0.